The number of nitrogens with one attached hydrogen (secondary N) is 1. The molecule has 4 heteroatoms. The molecule has 17 heavy (non-hydrogen) atoms. The summed E-state index contributed by atoms with van der Waals surface area (Å²) in [6, 6.07) is 4.23. The molecule has 0 fully saturated rings. The molecule has 0 radical (unpaired) electrons. The third-order valence-corrected chi connectivity index (χ3v) is 2.80. The number of amides is 1. The van der Waals surface area contributed by atoms with E-state index in [9.17, 15) is 9.18 Å². The fraction of sp³-hybridized carbons (Fsp3) is 0.462. The van der Waals surface area contributed by atoms with E-state index in [-0.39, 0.29) is 17.6 Å². The van der Waals surface area contributed by atoms with Crippen molar-refractivity contribution in [3.8, 4) is 0 Å². The average Bonchev–Trinajstić information content (AvgIpc) is 2.22. The van der Waals surface area contributed by atoms with Gasteiger partial charge in [-0.2, -0.15) is 0 Å². The van der Waals surface area contributed by atoms with Crippen molar-refractivity contribution >= 4 is 5.91 Å². The summed E-state index contributed by atoms with van der Waals surface area (Å²) < 4.78 is 13.1. The van der Waals surface area contributed by atoms with Crippen LogP contribution in [0.25, 0.3) is 0 Å². The maximum absolute atomic E-state index is 13.1. The molecule has 1 aromatic rings. The highest BCUT2D eigenvalue weighted by Crippen LogP contribution is 2.11. The Balaban J connectivity index is 2.72. The zero-order valence-corrected chi connectivity index (χ0v) is 10.5. The fourth-order valence-electron chi connectivity index (χ4n) is 1.72. The van der Waals surface area contributed by atoms with Crippen molar-refractivity contribution in [3.63, 3.8) is 0 Å². The summed E-state index contributed by atoms with van der Waals surface area (Å²) in [5.74, 6) is -0.539. The van der Waals surface area contributed by atoms with E-state index < -0.39 is 6.04 Å². The number of rotatable bonds is 5. The second kappa shape index (κ2) is 5.77. The summed E-state index contributed by atoms with van der Waals surface area (Å²) in [4.78, 5) is 11.2. The summed E-state index contributed by atoms with van der Waals surface area (Å²) >= 11 is 0. The van der Waals surface area contributed by atoms with Crippen molar-refractivity contribution in [2.24, 2.45) is 11.7 Å². The molecule has 3 N–H and O–H groups in total. The first-order chi connectivity index (χ1) is 7.91. The zero-order chi connectivity index (χ0) is 13.0. The van der Waals surface area contributed by atoms with Gasteiger partial charge in [-0.1, -0.05) is 19.9 Å². The molecule has 0 bridgehead atoms. The Kier molecular flexibility index (Phi) is 4.63. The maximum atomic E-state index is 13.1. The Hall–Kier alpha value is -1.42. The van der Waals surface area contributed by atoms with Gasteiger partial charge in [0.15, 0.2) is 0 Å². The summed E-state index contributed by atoms with van der Waals surface area (Å²) in [5.41, 5.74) is 7.13. The van der Waals surface area contributed by atoms with Crippen LogP contribution in [0.2, 0.25) is 0 Å². The van der Waals surface area contributed by atoms with Crippen molar-refractivity contribution < 1.29 is 9.18 Å². The molecule has 1 amide bonds. The topological polar surface area (TPSA) is 55.1 Å². The Bertz CT molecular complexity index is 404. The van der Waals surface area contributed by atoms with Crippen molar-refractivity contribution in [1.29, 1.82) is 0 Å². The number of primary amides is 1. The first-order valence-electron chi connectivity index (χ1n) is 5.69. The lowest BCUT2D eigenvalue weighted by atomic mass is 10.0. The summed E-state index contributed by atoms with van der Waals surface area (Å²) in [7, 11) is 0. The van der Waals surface area contributed by atoms with E-state index in [1.807, 2.05) is 20.8 Å². The molecule has 0 saturated carbocycles. The largest absolute Gasteiger partial charge is 0.368 e. The van der Waals surface area contributed by atoms with Gasteiger partial charge < -0.3 is 11.1 Å². The smallest absolute Gasteiger partial charge is 0.234 e. The number of hydrogen-bond acceptors (Lipinski definition) is 2. The predicted molar refractivity (Wildman–Crippen MR) is 65.8 cm³/mol. The van der Waals surface area contributed by atoms with Crippen LogP contribution >= 0.6 is 0 Å². The Morgan fingerprint density at radius 1 is 1.47 bits per heavy atom. The minimum Gasteiger partial charge on any atom is -0.368 e. The third kappa shape index (κ3) is 3.82. The van der Waals surface area contributed by atoms with Crippen LogP contribution in [0.5, 0.6) is 0 Å². The summed E-state index contributed by atoms with van der Waals surface area (Å²) in [5, 5.41) is 3.06. The molecular formula is C13H19FN2O. The van der Waals surface area contributed by atoms with E-state index in [1.54, 1.807) is 6.07 Å². The van der Waals surface area contributed by atoms with Gasteiger partial charge in [-0.05, 0) is 36.1 Å². The maximum Gasteiger partial charge on any atom is 0.234 e. The number of nitrogens with two attached hydrogens (primary N) is 1. The van der Waals surface area contributed by atoms with Gasteiger partial charge in [-0.25, -0.2) is 4.39 Å². The molecule has 1 aromatic carbocycles. The normalized spacial score (nSPS) is 12.8. The van der Waals surface area contributed by atoms with Crippen LogP contribution in [0.3, 0.4) is 0 Å². The third-order valence-electron chi connectivity index (χ3n) is 2.80. The minimum atomic E-state index is -0.391. The molecule has 0 aliphatic rings. The molecule has 0 heterocycles. The van der Waals surface area contributed by atoms with Crippen LogP contribution in [0, 0.1) is 18.7 Å². The van der Waals surface area contributed by atoms with E-state index in [2.05, 4.69) is 5.32 Å². The molecule has 0 aromatic heterocycles. The number of aryl methyl sites for hydroxylation is 1. The van der Waals surface area contributed by atoms with E-state index in [4.69, 9.17) is 5.73 Å². The lowest BCUT2D eigenvalue weighted by Gasteiger charge is -2.19. The van der Waals surface area contributed by atoms with Crippen LogP contribution in [0.15, 0.2) is 18.2 Å². The summed E-state index contributed by atoms with van der Waals surface area (Å²) in [6.07, 6.45) is 0. The fourth-order valence-corrected chi connectivity index (χ4v) is 1.72. The summed E-state index contributed by atoms with van der Waals surface area (Å²) in [6.45, 7) is 6.18. The number of benzene rings is 1. The number of halogens is 1. The number of carbonyl (C=O) groups is 1. The molecular weight excluding hydrogens is 219 g/mol. The molecule has 1 unspecified atom stereocenters. The minimum absolute atomic E-state index is 0.112. The lowest BCUT2D eigenvalue weighted by molar-refractivity contribution is -0.121. The van der Waals surface area contributed by atoms with E-state index in [1.165, 1.54) is 12.1 Å². The van der Waals surface area contributed by atoms with Crippen molar-refractivity contribution in [3.05, 3.63) is 35.1 Å². The van der Waals surface area contributed by atoms with Crippen LogP contribution in [0.4, 0.5) is 4.39 Å². The number of hydrogen-bond donors (Lipinski definition) is 2. The van der Waals surface area contributed by atoms with Gasteiger partial charge in [0.05, 0.1) is 6.04 Å². The first kappa shape index (κ1) is 13.6. The van der Waals surface area contributed by atoms with Crippen LogP contribution < -0.4 is 11.1 Å². The van der Waals surface area contributed by atoms with Crippen molar-refractivity contribution in [2.75, 3.05) is 0 Å². The molecule has 94 valence electrons. The van der Waals surface area contributed by atoms with Gasteiger partial charge in [0.25, 0.3) is 0 Å². The van der Waals surface area contributed by atoms with Crippen molar-refractivity contribution in [1.82, 2.24) is 5.32 Å². The second-order valence-electron chi connectivity index (χ2n) is 4.58. The molecule has 0 spiro atoms. The highest BCUT2D eigenvalue weighted by molar-refractivity contribution is 5.80. The van der Waals surface area contributed by atoms with Crippen LogP contribution in [-0.2, 0) is 11.3 Å². The molecule has 0 aliphatic heterocycles. The van der Waals surface area contributed by atoms with Crippen molar-refractivity contribution in [2.45, 2.75) is 33.4 Å². The molecule has 0 aliphatic carbocycles. The highest BCUT2D eigenvalue weighted by atomic mass is 19.1. The van der Waals surface area contributed by atoms with Gasteiger partial charge in [-0.3, -0.25) is 4.79 Å². The highest BCUT2D eigenvalue weighted by Gasteiger charge is 2.18. The van der Waals surface area contributed by atoms with Crippen LogP contribution in [0.1, 0.15) is 25.0 Å². The quantitative estimate of drug-likeness (QED) is 0.821. The molecule has 1 rings (SSSR count). The van der Waals surface area contributed by atoms with E-state index >= 15 is 0 Å². The van der Waals surface area contributed by atoms with Gasteiger partial charge in [0, 0.05) is 6.54 Å². The lowest BCUT2D eigenvalue weighted by Crippen LogP contribution is -2.44. The SMILES string of the molecule is Cc1ccc(F)cc1CNC(C(N)=O)C(C)C. The Morgan fingerprint density at radius 3 is 2.65 bits per heavy atom. The Labute approximate surface area is 101 Å². The monoisotopic (exact) mass is 238 g/mol. The van der Waals surface area contributed by atoms with Gasteiger partial charge in [0.1, 0.15) is 5.82 Å². The molecule has 0 saturated heterocycles. The van der Waals surface area contributed by atoms with Crippen LogP contribution in [-0.4, -0.2) is 11.9 Å². The van der Waals surface area contributed by atoms with Gasteiger partial charge >= 0.3 is 0 Å². The molecule has 3 nitrogen and oxygen atoms in total. The van der Waals surface area contributed by atoms with Gasteiger partial charge in [-0.15, -0.1) is 0 Å². The molecule has 1 atom stereocenters. The van der Waals surface area contributed by atoms with E-state index in [0.717, 1.165) is 11.1 Å². The first-order valence-corrected chi connectivity index (χ1v) is 5.69. The zero-order valence-electron chi connectivity index (χ0n) is 10.5. The standard InChI is InChI=1S/C13H19FN2O/c1-8(2)12(13(15)17)16-7-10-6-11(14)5-4-9(10)3/h4-6,8,12,16H,7H2,1-3H3,(H2,15,17). The predicted octanol–water partition coefficient (Wildman–Crippen LogP) is 1.73. The Morgan fingerprint density at radius 2 is 2.12 bits per heavy atom. The second-order valence-corrected chi connectivity index (χ2v) is 4.58. The van der Waals surface area contributed by atoms with E-state index in [0.29, 0.717) is 6.54 Å². The van der Waals surface area contributed by atoms with Gasteiger partial charge in [0.2, 0.25) is 5.91 Å². The number of carbonyl (C=O) groups excluding carboxylic acids is 1. The average molecular weight is 238 g/mol.